The zero-order valence-electron chi connectivity index (χ0n) is 13.1. The van der Waals surface area contributed by atoms with Crippen molar-refractivity contribution < 1.29 is 19.1 Å². The van der Waals surface area contributed by atoms with Gasteiger partial charge in [-0.1, -0.05) is 24.3 Å². The first-order chi connectivity index (χ1) is 12.0. The number of halogens is 2. The zero-order chi connectivity index (χ0) is 18.0. The number of aliphatic carboxylic acids is 1. The van der Waals surface area contributed by atoms with Crippen LogP contribution >= 0.6 is 15.9 Å². The molecule has 1 aliphatic rings. The van der Waals surface area contributed by atoms with E-state index in [0.29, 0.717) is 12.1 Å². The van der Waals surface area contributed by atoms with Crippen LogP contribution in [0, 0.1) is 5.82 Å². The molecule has 2 aromatic carbocycles. The molecule has 2 unspecified atom stereocenters. The molecule has 0 heterocycles. The molecule has 1 aliphatic carbocycles. The highest BCUT2D eigenvalue weighted by molar-refractivity contribution is 9.10. The molecule has 0 radical (unpaired) electrons. The first kappa shape index (κ1) is 17.4. The van der Waals surface area contributed by atoms with Crippen molar-refractivity contribution >= 4 is 33.6 Å². The lowest BCUT2D eigenvalue weighted by molar-refractivity contribution is -0.139. The van der Waals surface area contributed by atoms with Crippen LogP contribution in [0.25, 0.3) is 0 Å². The lowest BCUT2D eigenvalue weighted by Crippen LogP contribution is -2.46. The molecule has 0 aromatic heterocycles. The third-order valence-electron chi connectivity index (χ3n) is 4.31. The molecule has 2 amide bonds. The first-order valence-electron chi connectivity index (χ1n) is 7.79. The van der Waals surface area contributed by atoms with Gasteiger partial charge < -0.3 is 15.7 Å². The molecule has 0 fully saturated rings. The normalized spacial score (nSPS) is 16.8. The van der Waals surface area contributed by atoms with E-state index in [0.717, 1.165) is 17.5 Å². The van der Waals surface area contributed by atoms with Crippen molar-refractivity contribution in [1.82, 2.24) is 5.32 Å². The third kappa shape index (κ3) is 3.82. The molecule has 0 spiro atoms. The summed E-state index contributed by atoms with van der Waals surface area (Å²) < 4.78 is 13.5. The Morgan fingerprint density at radius 1 is 1.24 bits per heavy atom. The van der Waals surface area contributed by atoms with Crippen molar-refractivity contribution in [2.75, 3.05) is 5.32 Å². The number of rotatable bonds is 4. The number of carbonyl (C=O) groups is 2. The van der Waals surface area contributed by atoms with Crippen LogP contribution in [0.1, 0.15) is 23.5 Å². The van der Waals surface area contributed by atoms with E-state index in [-0.39, 0.29) is 10.4 Å². The van der Waals surface area contributed by atoms with Gasteiger partial charge >= 0.3 is 12.0 Å². The summed E-state index contributed by atoms with van der Waals surface area (Å²) in [5.74, 6) is -1.81. The van der Waals surface area contributed by atoms with Gasteiger partial charge in [0, 0.05) is 11.6 Å². The number of amides is 2. The number of urea groups is 1. The second-order valence-electron chi connectivity index (χ2n) is 5.89. The molecule has 0 aliphatic heterocycles. The highest BCUT2D eigenvalue weighted by Crippen LogP contribution is 2.35. The number of anilines is 1. The average molecular weight is 407 g/mol. The maximum absolute atomic E-state index is 13.2. The topological polar surface area (TPSA) is 78.4 Å². The Hall–Kier alpha value is -2.41. The Labute approximate surface area is 152 Å². The molecule has 3 rings (SSSR count). The van der Waals surface area contributed by atoms with Gasteiger partial charge in [0.15, 0.2) is 0 Å². The van der Waals surface area contributed by atoms with Crippen LogP contribution in [-0.2, 0) is 11.2 Å². The lowest BCUT2D eigenvalue weighted by Gasteiger charge is -2.22. The summed E-state index contributed by atoms with van der Waals surface area (Å²) in [5.41, 5.74) is 2.44. The summed E-state index contributed by atoms with van der Waals surface area (Å²) in [6, 6.07) is 10.0. The minimum atomic E-state index is -1.09. The molecule has 3 N–H and O–H groups in total. The van der Waals surface area contributed by atoms with Gasteiger partial charge in [-0.25, -0.2) is 14.0 Å². The number of carboxylic acid groups (broad SMARTS) is 1. The highest BCUT2D eigenvalue weighted by Gasteiger charge is 2.35. The van der Waals surface area contributed by atoms with Gasteiger partial charge in [-0.3, -0.25) is 0 Å². The van der Waals surface area contributed by atoms with Gasteiger partial charge in [-0.2, -0.15) is 0 Å². The van der Waals surface area contributed by atoms with Crippen LogP contribution < -0.4 is 10.6 Å². The maximum Gasteiger partial charge on any atom is 0.326 e. The van der Waals surface area contributed by atoms with Crippen LogP contribution in [0.5, 0.6) is 0 Å². The van der Waals surface area contributed by atoms with Crippen molar-refractivity contribution in [3.63, 3.8) is 0 Å². The van der Waals surface area contributed by atoms with Gasteiger partial charge in [0.05, 0.1) is 4.47 Å². The zero-order valence-corrected chi connectivity index (χ0v) is 14.7. The smallest absolute Gasteiger partial charge is 0.326 e. The molecule has 130 valence electrons. The van der Waals surface area contributed by atoms with E-state index in [2.05, 4.69) is 26.6 Å². The number of fused-ring (bicyclic) bond motifs is 1. The third-order valence-corrected chi connectivity index (χ3v) is 4.92. The Kier molecular flexibility index (Phi) is 5.03. The fourth-order valence-electron chi connectivity index (χ4n) is 3.15. The van der Waals surface area contributed by atoms with Crippen molar-refractivity contribution in [3.8, 4) is 0 Å². The Bertz CT molecular complexity index is 828. The Morgan fingerprint density at radius 3 is 2.72 bits per heavy atom. The van der Waals surface area contributed by atoms with Crippen molar-refractivity contribution in [3.05, 3.63) is 63.9 Å². The number of nitrogens with one attached hydrogen (secondary N) is 2. The molecule has 25 heavy (non-hydrogen) atoms. The minimum absolute atomic E-state index is 0.213. The van der Waals surface area contributed by atoms with E-state index in [4.69, 9.17) is 0 Å². The standard InChI is InChI=1S/C18H16BrFN2O3/c19-14-9-11(6-8-15(14)20)21-18(25)22-16(17(23)24)13-7-5-10-3-1-2-4-12(10)13/h1-4,6,8-9,13,16H,5,7H2,(H,23,24)(H2,21,22,25). The van der Waals surface area contributed by atoms with Crippen molar-refractivity contribution in [1.29, 1.82) is 0 Å². The Balaban J connectivity index is 1.73. The SMILES string of the molecule is O=C(Nc1ccc(F)c(Br)c1)NC(C(=O)O)C1CCc2ccccc21. The van der Waals surface area contributed by atoms with Crippen LogP contribution in [0.3, 0.4) is 0 Å². The molecule has 2 atom stereocenters. The second-order valence-corrected chi connectivity index (χ2v) is 6.74. The van der Waals surface area contributed by atoms with E-state index >= 15 is 0 Å². The highest BCUT2D eigenvalue weighted by atomic mass is 79.9. The fraction of sp³-hybridized carbons (Fsp3) is 0.222. The predicted molar refractivity (Wildman–Crippen MR) is 95.2 cm³/mol. The fourth-order valence-corrected chi connectivity index (χ4v) is 3.53. The molecule has 2 aromatic rings. The summed E-state index contributed by atoms with van der Waals surface area (Å²) in [7, 11) is 0. The summed E-state index contributed by atoms with van der Waals surface area (Å²) in [5, 5.41) is 14.6. The lowest BCUT2D eigenvalue weighted by atomic mass is 9.93. The van der Waals surface area contributed by atoms with Crippen LogP contribution in [0.15, 0.2) is 46.9 Å². The molecule has 7 heteroatoms. The monoisotopic (exact) mass is 406 g/mol. The van der Waals surface area contributed by atoms with Crippen molar-refractivity contribution in [2.45, 2.75) is 24.8 Å². The number of hydrogen-bond acceptors (Lipinski definition) is 2. The van der Waals surface area contributed by atoms with Gasteiger partial charge in [0.2, 0.25) is 0 Å². The summed E-state index contributed by atoms with van der Waals surface area (Å²) >= 11 is 3.04. The van der Waals surface area contributed by atoms with Crippen molar-refractivity contribution in [2.24, 2.45) is 0 Å². The van der Waals surface area contributed by atoms with Gasteiger partial charge in [0.1, 0.15) is 11.9 Å². The molecule has 0 saturated carbocycles. The minimum Gasteiger partial charge on any atom is -0.480 e. The largest absolute Gasteiger partial charge is 0.480 e. The molecule has 0 bridgehead atoms. The van der Waals surface area contributed by atoms with E-state index < -0.39 is 23.9 Å². The Morgan fingerprint density at radius 2 is 2.00 bits per heavy atom. The first-order valence-corrected chi connectivity index (χ1v) is 8.58. The van der Waals surface area contributed by atoms with E-state index in [9.17, 15) is 19.1 Å². The van der Waals surface area contributed by atoms with E-state index in [1.807, 2.05) is 24.3 Å². The number of hydrogen-bond donors (Lipinski definition) is 3. The van der Waals surface area contributed by atoms with Gasteiger partial charge in [-0.05, 0) is 58.1 Å². The van der Waals surface area contributed by atoms with Crippen LogP contribution in [-0.4, -0.2) is 23.1 Å². The molecule has 5 nitrogen and oxygen atoms in total. The maximum atomic E-state index is 13.2. The summed E-state index contributed by atoms with van der Waals surface area (Å²) in [6.45, 7) is 0. The predicted octanol–water partition coefficient (Wildman–Crippen LogP) is 3.89. The number of carbonyl (C=O) groups excluding carboxylic acids is 1. The summed E-state index contributed by atoms with van der Waals surface area (Å²) in [6.07, 6.45) is 1.46. The molecule has 0 saturated heterocycles. The van der Waals surface area contributed by atoms with Crippen LogP contribution in [0.2, 0.25) is 0 Å². The molecular formula is C18H16BrFN2O3. The quantitative estimate of drug-likeness (QED) is 0.720. The molecular weight excluding hydrogens is 391 g/mol. The number of carboxylic acids is 1. The van der Waals surface area contributed by atoms with E-state index in [1.54, 1.807) is 0 Å². The summed E-state index contributed by atoms with van der Waals surface area (Å²) in [4.78, 5) is 23.9. The van der Waals surface area contributed by atoms with Gasteiger partial charge in [0.25, 0.3) is 0 Å². The van der Waals surface area contributed by atoms with E-state index in [1.165, 1.54) is 18.2 Å². The van der Waals surface area contributed by atoms with Crippen LogP contribution in [0.4, 0.5) is 14.9 Å². The average Bonchev–Trinajstić information content (AvgIpc) is 2.99. The number of benzene rings is 2. The number of aryl methyl sites for hydroxylation is 1. The van der Waals surface area contributed by atoms with Gasteiger partial charge in [-0.15, -0.1) is 0 Å². The second kappa shape index (κ2) is 7.23.